The summed E-state index contributed by atoms with van der Waals surface area (Å²) in [4.78, 5) is 13.8. The highest BCUT2D eigenvalue weighted by atomic mass is 35.5. The highest BCUT2D eigenvalue weighted by molar-refractivity contribution is 7.91. The summed E-state index contributed by atoms with van der Waals surface area (Å²) in [7, 11) is 0.154. The van der Waals surface area contributed by atoms with Gasteiger partial charge in [-0.15, -0.1) is 0 Å². The first-order valence-corrected chi connectivity index (χ1v) is 8.80. The Morgan fingerprint density at radius 3 is 2.76 bits per heavy atom. The maximum absolute atomic E-state index is 12.3. The zero-order valence-electron chi connectivity index (χ0n) is 12.0. The maximum Gasteiger partial charge on any atom is 0.226 e. The third-order valence-corrected chi connectivity index (χ3v) is 5.61. The third kappa shape index (κ3) is 3.89. The van der Waals surface area contributed by atoms with Crippen LogP contribution in [-0.2, 0) is 21.2 Å². The van der Waals surface area contributed by atoms with Gasteiger partial charge in [0.25, 0.3) is 0 Å². The Labute approximate surface area is 129 Å². The second-order valence-electron chi connectivity index (χ2n) is 5.25. The lowest BCUT2D eigenvalue weighted by atomic mass is 10.1. The minimum Gasteiger partial charge on any atom is -0.496 e. The van der Waals surface area contributed by atoms with Crippen molar-refractivity contribution in [1.29, 1.82) is 0 Å². The summed E-state index contributed by atoms with van der Waals surface area (Å²) in [5.41, 5.74) is 0.793. The van der Waals surface area contributed by atoms with E-state index >= 15 is 0 Å². The van der Waals surface area contributed by atoms with Gasteiger partial charge in [-0.05, 0) is 24.6 Å². The first-order valence-electron chi connectivity index (χ1n) is 6.60. The molecule has 2 rings (SSSR count). The molecule has 5 nitrogen and oxygen atoms in total. The molecule has 1 aliphatic rings. The molecule has 116 valence electrons. The van der Waals surface area contributed by atoms with E-state index in [1.54, 1.807) is 32.4 Å². The first kappa shape index (κ1) is 16.1. The van der Waals surface area contributed by atoms with Crippen LogP contribution in [0.5, 0.6) is 5.75 Å². The molecule has 1 aromatic rings. The highest BCUT2D eigenvalue weighted by Crippen LogP contribution is 2.25. The Kier molecular flexibility index (Phi) is 4.78. The van der Waals surface area contributed by atoms with Crippen molar-refractivity contribution in [3.8, 4) is 5.75 Å². The van der Waals surface area contributed by atoms with Gasteiger partial charge in [0.15, 0.2) is 9.84 Å². The molecule has 0 spiro atoms. The highest BCUT2D eigenvalue weighted by Gasteiger charge is 2.34. The topological polar surface area (TPSA) is 63.7 Å². The number of hydrogen-bond donors (Lipinski definition) is 0. The number of carbonyl (C=O) groups is 1. The molecule has 1 saturated heterocycles. The van der Waals surface area contributed by atoms with Crippen LogP contribution in [0.1, 0.15) is 12.0 Å². The van der Waals surface area contributed by atoms with Crippen LogP contribution >= 0.6 is 11.6 Å². The zero-order chi connectivity index (χ0) is 15.6. The number of benzene rings is 1. The van der Waals surface area contributed by atoms with Crippen LogP contribution in [0, 0.1) is 5.92 Å². The summed E-state index contributed by atoms with van der Waals surface area (Å²) in [6.07, 6.45) is 0.401. The smallest absolute Gasteiger partial charge is 0.226 e. The van der Waals surface area contributed by atoms with E-state index in [1.807, 2.05) is 0 Å². The molecular weight excluding hydrogens is 314 g/mol. The van der Waals surface area contributed by atoms with Crippen molar-refractivity contribution in [3.05, 3.63) is 28.8 Å². The van der Waals surface area contributed by atoms with Crippen LogP contribution in [0.15, 0.2) is 18.2 Å². The number of carbonyl (C=O) groups excluding carboxylic acids is 1. The second-order valence-corrected chi connectivity index (χ2v) is 7.92. The van der Waals surface area contributed by atoms with E-state index in [4.69, 9.17) is 16.3 Å². The van der Waals surface area contributed by atoms with Crippen molar-refractivity contribution in [2.24, 2.45) is 5.92 Å². The van der Waals surface area contributed by atoms with E-state index in [-0.39, 0.29) is 17.4 Å². The van der Waals surface area contributed by atoms with E-state index < -0.39 is 15.8 Å². The van der Waals surface area contributed by atoms with Crippen molar-refractivity contribution < 1.29 is 17.9 Å². The average Bonchev–Trinajstić information content (AvgIpc) is 2.78. The van der Waals surface area contributed by atoms with Crippen LogP contribution in [0.25, 0.3) is 0 Å². The first-order chi connectivity index (χ1) is 9.82. The summed E-state index contributed by atoms with van der Waals surface area (Å²) in [5.74, 6) is 0.0991. The molecule has 1 atom stereocenters. The monoisotopic (exact) mass is 331 g/mol. The minimum absolute atomic E-state index is 0.0527. The van der Waals surface area contributed by atoms with Gasteiger partial charge >= 0.3 is 0 Å². The number of sulfone groups is 1. The number of nitrogens with zero attached hydrogens (tertiary/aromatic N) is 1. The third-order valence-electron chi connectivity index (χ3n) is 3.61. The number of ether oxygens (including phenoxy) is 1. The van der Waals surface area contributed by atoms with Crippen LogP contribution in [0.4, 0.5) is 0 Å². The van der Waals surface area contributed by atoms with Gasteiger partial charge in [0.1, 0.15) is 5.75 Å². The number of hydrogen-bond acceptors (Lipinski definition) is 4. The van der Waals surface area contributed by atoms with Crippen molar-refractivity contribution in [2.75, 3.05) is 25.7 Å². The van der Waals surface area contributed by atoms with Gasteiger partial charge in [0.2, 0.25) is 5.91 Å². The largest absolute Gasteiger partial charge is 0.496 e. The lowest BCUT2D eigenvalue weighted by Gasteiger charge is -2.21. The van der Waals surface area contributed by atoms with Crippen LogP contribution in [0.3, 0.4) is 0 Å². The number of methoxy groups -OCH3 is 1. The zero-order valence-corrected chi connectivity index (χ0v) is 13.6. The molecule has 0 N–H and O–H groups in total. The van der Waals surface area contributed by atoms with Gasteiger partial charge in [-0.2, -0.15) is 0 Å². The second kappa shape index (κ2) is 6.23. The molecule has 1 fully saturated rings. The maximum atomic E-state index is 12.3. The standard InChI is InChI=1S/C14H18ClNO4S/c1-16(14(17)10-5-6-21(18,19)9-10)8-11-7-12(15)3-4-13(11)20-2/h3-4,7,10H,5-6,8-9H2,1-2H3. The van der Waals surface area contributed by atoms with Gasteiger partial charge in [0, 0.05) is 24.2 Å². The van der Waals surface area contributed by atoms with Crippen LogP contribution in [-0.4, -0.2) is 44.9 Å². The normalized spacial score (nSPS) is 20.2. The minimum atomic E-state index is -3.06. The van der Waals surface area contributed by atoms with E-state index in [0.717, 1.165) is 5.56 Å². The summed E-state index contributed by atoms with van der Waals surface area (Å²) >= 11 is 5.96. The fraction of sp³-hybridized carbons (Fsp3) is 0.500. The Hall–Kier alpha value is -1.27. The summed E-state index contributed by atoms with van der Waals surface area (Å²) in [6, 6.07) is 5.21. The Morgan fingerprint density at radius 1 is 1.48 bits per heavy atom. The quantitative estimate of drug-likeness (QED) is 0.843. The van der Waals surface area contributed by atoms with Gasteiger partial charge in [-0.25, -0.2) is 8.42 Å². The van der Waals surface area contributed by atoms with Gasteiger partial charge < -0.3 is 9.64 Å². The molecular formula is C14H18ClNO4S. The Bertz CT molecular complexity index is 644. The molecule has 0 radical (unpaired) electrons. The predicted octanol–water partition coefficient (Wildman–Crippen LogP) is 1.74. The molecule has 1 heterocycles. The van der Waals surface area contributed by atoms with Crippen molar-refractivity contribution in [2.45, 2.75) is 13.0 Å². The fourth-order valence-electron chi connectivity index (χ4n) is 2.51. The van der Waals surface area contributed by atoms with Crippen LogP contribution in [0.2, 0.25) is 5.02 Å². The molecule has 1 aromatic carbocycles. The number of halogens is 1. The van der Waals surface area contributed by atoms with Crippen LogP contribution < -0.4 is 4.74 Å². The van der Waals surface area contributed by atoms with E-state index in [1.165, 1.54) is 4.90 Å². The van der Waals surface area contributed by atoms with Gasteiger partial charge in [0.05, 0.1) is 24.5 Å². The lowest BCUT2D eigenvalue weighted by Crippen LogP contribution is -2.33. The number of rotatable bonds is 4. The van der Waals surface area contributed by atoms with Crippen molar-refractivity contribution in [3.63, 3.8) is 0 Å². The number of amides is 1. The molecule has 21 heavy (non-hydrogen) atoms. The molecule has 0 aromatic heterocycles. The van der Waals surface area contributed by atoms with Gasteiger partial charge in [-0.1, -0.05) is 11.6 Å². The van der Waals surface area contributed by atoms with E-state index in [2.05, 4.69) is 0 Å². The molecule has 0 aliphatic carbocycles. The van der Waals surface area contributed by atoms with E-state index in [0.29, 0.717) is 23.7 Å². The molecule has 1 amide bonds. The summed E-state index contributed by atoms with van der Waals surface area (Å²) < 4.78 is 28.2. The molecule has 7 heteroatoms. The molecule has 0 saturated carbocycles. The van der Waals surface area contributed by atoms with Crippen molar-refractivity contribution in [1.82, 2.24) is 4.90 Å². The predicted molar refractivity (Wildman–Crippen MR) is 81.2 cm³/mol. The van der Waals surface area contributed by atoms with Crippen molar-refractivity contribution >= 4 is 27.3 Å². The Balaban J connectivity index is 2.09. The lowest BCUT2D eigenvalue weighted by molar-refractivity contribution is -0.133. The SMILES string of the molecule is COc1ccc(Cl)cc1CN(C)C(=O)C1CCS(=O)(=O)C1. The Morgan fingerprint density at radius 2 is 2.19 bits per heavy atom. The average molecular weight is 332 g/mol. The van der Waals surface area contributed by atoms with Gasteiger partial charge in [-0.3, -0.25) is 4.79 Å². The fourth-order valence-corrected chi connectivity index (χ4v) is 4.43. The summed E-state index contributed by atoms with van der Waals surface area (Å²) in [5, 5.41) is 0.565. The molecule has 1 aliphatic heterocycles. The molecule has 0 bridgehead atoms. The van der Waals surface area contributed by atoms with E-state index in [9.17, 15) is 13.2 Å². The molecule has 1 unspecified atom stereocenters. The summed E-state index contributed by atoms with van der Waals surface area (Å²) in [6.45, 7) is 0.332.